The molecule has 0 aliphatic carbocycles. The van der Waals surface area contributed by atoms with Crippen molar-refractivity contribution in [2.45, 2.75) is 63.4 Å². The quantitative estimate of drug-likeness (QED) is 0.171. The van der Waals surface area contributed by atoms with Gasteiger partial charge in [-0.25, -0.2) is 4.79 Å². The van der Waals surface area contributed by atoms with E-state index in [0.29, 0.717) is 26.2 Å². The van der Waals surface area contributed by atoms with Crippen LogP contribution < -0.4 is 20.9 Å². The van der Waals surface area contributed by atoms with Gasteiger partial charge in [-0.05, 0) is 59.7 Å². The molecule has 3 amide bonds. The van der Waals surface area contributed by atoms with Gasteiger partial charge in [0.2, 0.25) is 5.91 Å². The number of aliphatic hydroxyl groups is 1. The second kappa shape index (κ2) is 15.7. The molecular formula is C41H47N5O5. The normalized spacial score (nSPS) is 21.7. The third-order valence-electron chi connectivity index (χ3n) is 10.5. The van der Waals surface area contributed by atoms with E-state index in [2.05, 4.69) is 68.2 Å². The molecule has 10 nitrogen and oxygen atoms in total. The van der Waals surface area contributed by atoms with E-state index in [4.69, 9.17) is 9.47 Å². The van der Waals surface area contributed by atoms with Crippen LogP contribution in [0, 0.1) is 0 Å². The molecule has 7 rings (SSSR count). The van der Waals surface area contributed by atoms with Crippen LogP contribution in [0.15, 0.2) is 103 Å². The number of carbonyl (C=O) groups is 2. The second-order valence-electron chi connectivity index (χ2n) is 13.6. The largest absolute Gasteiger partial charge is 0.392 e. The Labute approximate surface area is 299 Å². The van der Waals surface area contributed by atoms with Crippen LogP contribution >= 0.6 is 0 Å². The fraction of sp³-hybridized carbons (Fsp3) is 0.366. The summed E-state index contributed by atoms with van der Waals surface area (Å²) in [7, 11) is 0. The molecule has 3 heterocycles. The van der Waals surface area contributed by atoms with Crippen molar-refractivity contribution >= 4 is 17.6 Å². The van der Waals surface area contributed by atoms with Crippen molar-refractivity contribution < 1.29 is 24.2 Å². The first-order valence-corrected chi connectivity index (χ1v) is 18.0. The van der Waals surface area contributed by atoms with E-state index in [1.54, 1.807) is 0 Å². The number of urea groups is 1. The van der Waals surface area contributed by atoms with Gasteiger partial charge in [-0.1, -0.05) is 91.0 Å². The maximum absolute atomic E-state index is 13.2. The maximum atomic E-state index is 13.2. The summed E-state index contributed by atoms with van der Waals surface area (Å²) in [5, 5.41) is 18.4. The zero-order valence-corrected chi connectivity index (χ0v) is 29.1. The summed E-state index contributed by atoms with van der Waals surface area (Å²) in [6.45, 7) is 5.73. The Balaban J connectivity index is 1.07. The first-order valence-electron chi connectivity index (χ1n) is 18.0. The Bertz CT molecular complexity index is 1780. The van der Waals surface area contributed by atoms with Crippen LogP contribution in [0.4, 0.5) is 10.5 Å². The van der Waals surface area contributed by atoms with Gasteiger partial charge < -0.3 is 40.3 Å². The van der Waals surface area contributed by atoms with E-state index in [9.17, 15) is 14.7 Å². The number of nitrogens with zero attached hydrogens (tertiary/aromatic N) is 2. The van der Waals surface area contributed by atoms with Gasteiger partial charge in [0.25, 0.3) is 0 Å². The van der Waals surface area contributed by atoms with Crippen molar-refractivity contribution in [1.29, 1.82) is 0 Å². The molecule has 3 aliphatic heterocycles. The van der Waals surface area contributed by atoms with Gasteiger partial charge in [0.05, 0.1) is 25.5 Å². The predicted octanol–water partition coefficient (Wildman–Crippen LogP) is 5.64. The summed E-state index contributed by atoms with van der Waals surface area (Å²) in [6, 6.07) is 34.3. The number of ether oxygens (including phenoxy) is 2. The number of hydrogen-bond donors (Lipinski definition) is 4. The molecule has 1 spiro atoms. The lowest BCUT2D eigenvalue weighted by Gasteiger charge is -2.45. The molecule has 0 aromatic heterocycles. The maximum Gasteiger partial charge on any atom is 0.315 e. The fourth-order valence-corrected chi connectivity index (χ4v) is 7.63. The molecule has 0 saturated carbocycles. The van der Waals surface area contributed by atoms with Gasteiger partial charge in [0.1, 0.15) is 5.54 Å². The molecule has 0 unspecified atom stereocenters. The monoisotopic (exact) mass is 689 g/mol. The average molecular weight is 690 g/mol. The van der Waals surface area contributed by atoms with Crippen LogP contribution in [-0.2, 0) is 27.4 Å². The molecule has 4 aromatic carbocycles. The molecule has 51 heavy (non-hydrogen) atoms. The van der Waals surface area contributed by atoms with E-state index >= 15 is 0 Å². The molecule has 0 bridgehead atoms. The number of carbonyl (C=O) groups excluding carboxylic acids is 2. The highest BCUT2D eigenvalue weighted by atomic mass is 16.7. The Morgan fingerprint density at radius 3 is 2.31 bits per heavy atom. The molecular weight excluding hydrogens is 642 g/mol. The lowest BCUT2D eigenvalue weighted by Crippen LogP contribution is -2.57. The highest BCUT2D eigenvalue weighted by molar-refractivity contribution is 5.93. The van der Waals surface area contributed by atoms with Gasteiger partial charge >= 0.3 is 6.03 Å². The lowest BCUT2D eigenvalue weighted by molar-refractivity contribution is -0.253. The standard InChI is InChI=1S/C41H47N5O5/c1-2-42-40(49)43-25-33-8-6-7-11-36(33)30-16-18-32(19-17-30)38-50-35(24-37(51-38)31-14-12-29(27-47)13-15-31)26-45-22-20-41(21-23-45)39(48)44-28-46(41)34-9-4-3-5-10-34/h3-19,35,37-38,47H,2,20-28H2,1H3,(H,44,48)(H2,42,43,49)/t35-,37+,38+/m0/s1. The number of hydrogen-bond acceptors (Lipinski definition) is 7. The number of likely N-dealkylation sites (tertiary alicyclic amines) is 1. The summed E-state index contributed by atoms with van der Waals surface area (Å²) in [6.07, 6.45) is 1.33. The van der Waals surface area contributed by atoms with Crippen molar-refractivity contribution in [3.8, 4) is 11.1 Å². The molecule has 10 heteroatoms. The number of piperidine rings is 1. The number of benzene rings is 4. The fourth-order valence-electron chi connectivity index (χ4n) is 7.63. The van der Waals surface area contributed by atoms with E-state index < -0.39 is 11.8 Å². The highest BCUT2D eigenvalue weighted by Gasteiger charge is 2.50. The smallest absolute Gasteiger partial charge is 0.315 e. The number of rotatable bonds is 10. The topological polar surface area (TPSA) is 115 Å². The van der Waals surface area contributed by atoms with Gasteiger partial charge in [-0.3, -0.25) is 4.79 Å². The summed E-state index contributed by atoms with van der Waals surface area (Å²) in [5.41, 5.74) is 6.49. The molecule has 4 N–H and O–H groups in total. The highest BCUT2D eigenvalue weighted by Crippen LogP contribution is 2.40. The van der Waals surface area contributed by atoms with Crippen molar-refractivity contribution in [3.63, 3.8) is 0 Å². The summed E-state index contributed by atoms with van der Waals surface area (Å²) in [5.74, 6) is 0.115. The SMILES string of the molecule is CCNC(=O)NCc1ccccc1-c1ccc([C@@H]2O[C@H](CN3CCC4(CC3)C(=O)NCN4c3ccccc3)C[C@H](c3ccc(CO)cc3)O2)cc1. The number of amides is 3. The number of anilines is 1. The second-order valence-corrected chi connectivity index (χ2v) is 13.6. The number of aliphatic hydroxyl groups excluding tert-OH is 1. The van der Waals surface area contributed by atoms with E-state index in [-0.39, 0.29) is 30.8 Å². The Hall–Kier alpha value is -4.74. The summed E-state index contributed by atoms with van der Waals surface area (Å²) >= 11 is 0. The molecule has 3 atom stereocenters. The third kappa shape index (κ3) is 7.64. The Morgan fingerprint density at radius 2 is 1.59 bits per heavy atom. The lowest BCUT2D eigenvalue weighted by atomic mass is 9.85. The van der Waals surface area contributed by atoms with Crippen LogP contribution in [0.5, 0.6) is 0 Å². The van der Waals surface area contributed by atoms with Crippen LogP contribution in [0.1, 0.15) is 60.8 Å². The number of nitrogens with one attached hydrogen (secondary N) is 3. The molecule has 4 aromatic rings. The van der Waals surface area contributed by atoms with E-state index in [1.807, 2.05) is 67.6 Å². The molecule has 266 valence electrons. The molecule has 3 aliphatic rings. The molecule has 3 saturated heterocycles. The molecule has 3 fully saturated rings. The van der Waals surface area contributed by atoms with Crippen molar-refractivity contribution in [2.24, 2.45) is 0 Å². The van der Waals surface area contributed by atoms with Crippen LogP contribution in [0.3, 0.4) is 0 Å². The van der Waals surface area contributed by atoms with Crippen LogP contribution in [-0.4, -0.2) is 66.4 Å². The van der Waals surface area contributed by atoms with Crippen molar-refractivity contribution in [1.82, 2.24) is 20.9 Å². The summed E-state index contributed by atoms with van der Waals surface area (Å²) < 4.78 is 13.4. The van der Waals surface area contributed by atoms with Crippen LogP contribution in [0.25, 0.3) is 11.1 Å². The minimum absolute atomic E-state index is 0.00613. The van der Waals surface area contributed by atoms with Crippen molar-refractivity contribution in [2.75, 3.05) is 37.7 Å². The minimum atomic E-state index is -0.569. The minimum Gasteiger partial charge on any atom is -0.392 e. The number of para-hydroxylation sites is 1. The zero-order valence-electron chi connectivity index (χ0n) is 29.1. The van der Waals surface area contributed by atoms with Crippen LogP contribution in [0.2, 0.25) is 0 Å². The predicted molar refractivity (Wildman–Crippen MR) is 197 cm³/mol. The zero-order chi connectivity index (χ0) is 35.2. The average Bonchev–Trinajstić information content (AvgIpc) is 3.49. The first kappa shape index (κ1) is 34.7. The third-order valence-corrected chi connectivity index (χ3v) is 10.5. The van der Waals surface area contributed by atoms with E-state index in [0.717, 1.165) is 71.5 Å². The first-order chi connectivity index (χ1) is 25.0. The van der Waals surface area contributed by atoms with Gasteiger partial charge in [0.15, 0.2) is 6.29 Å². The Morgan fingerprint density at radius 1 is 0.882 bits per heavy atom. The van der Waals surface area contributed by atoms with Gasteiger partial charge in [-0.2, -0.15) is 0 Å². The summed E-state index contributed by atoms with van der Waals surface area (Å²) in [4.78, 5) is 30.0. The Kier molecular flexibility index (Phi) is 10.6. The van der Waals surface area contributed by atoms with E-state index in [1.165, 1.54) is 0 Å². The molecule has 0 radical (unpaired) electrons. The van der Waals surface area contributed by atoms with Crippen molar-refractivity contribution in [3.05, 3.63) is 125 Å². The van der Waals surface area contributed by atoms with Gasteiger partial charge in [0, 0.05) is 50.4 Å². The van der Waals surface area contributed by atoms with Gasteiger partial charge in [-0.15, -0.1) is 0 Å².